The molecule has 1 saturated heterocycles. The van der Waals surface area contributed by atoms with E-state index in [0.29, 0.717) is 17.8 Å². The molecule has 5 atom stereocenters. The molecule has 0 aromatic heterocycles. The molecule has 3 nitrogen and oxygen atoms in total. The van der Waals surface area contributed by atoms with Gasteiger partial charge in [0.05, 0.1) is 31.1 Å². The van der Waals surface area contributed by atoms with E-state index in [9.17, 15) is 5.26 Å². The maximum Gasteiger partial charge on any atom is 0.107 e. The van der Waals surface area contributed by atoms with Gasteiger partial charge in [0.2, 0.25) is 0 Å². The molecule has 0 bridgehead atoms. The van der Waals surface area contributed by atoms with Crippen LogP contribution in [0.2, 0.25) is 0 Å². The molecule has 1 aliphatic heterocycles. The molecule has 0 amide bonds. The first-order valence-corrected chi connectivity index (χ1v) is 11.8. The van der Waals surface area contributed by atoms with Crippen LogP contribution in [0.15, 0.2) is 60.7 Å². The molecule has 0 radical (unpaired) electrons. The van der Waals surface area contributed by atoms with Crippen molar-refractivity contribution in [3.05, 3.63) is 71.8 Å². The van der Waals surface area contributed by atoms with Crippen molar-refractivity contribution in [2.24, 2.45) is 11.3 Å². The van der Waals surface area contributed by atoms with Crippen LogP contribution in [-0.4, -0.2) is 30.2 Å². The third-order valence-corrected chi connectivity index (χ3v) is 9.11. The van der Waals surface area contributed by atoms with E-state index >= 15 is 0 Å². The highest BCUT2D eigenvalue weighted by molar-refractivity contribution is 5.46. The summed E-state index contributed by atoms with van der Waals surface area (Å²) in [5.74, 6) is 0.573. The van der Waals surface area contributed by atoms with E-state index in [4.69, 9.17) is 5.26 Å². The van der Waals surface area contributed by atoms with Crippen LogP contribution in [0.5, 0.6) is 0 Å². The molecule has 166 valence electrons. The van der Waals surface area contributed by atoms with Crippen LogP contribution in [-0.2, 0) is 5.41 Å². The summed E-state index contributed by atoms with van der Waals surface area (Å²) < 4.78 is 1.18. The Morgan fingerprint density at radius 3 is 2.12 bits per heavy atom. The molecule has 5 rings (SSSR count). The third kappa shape index (κ3) is 3.23. The Morgan fingerprint density at radius 2 is 1.62 bits per heavy atom. The number of likely N-dealkylation sites (tertiary alicyclic amines) is 1. The quantitative estimate of drug-likeness (QED) is 0.443. The van der Waals surface area contributed by atoms with Crippen LogP contribution in [0, 0.1) is 34.0 Å². The van der Waals surface area contributed by atoms with Crippen LogP contribution >= 0.6 is 0 Å². The number of hydrogen-bond donors (Lipinski definition) is 0. The monoisotopic (exact) mass is 489 g/mol. The summed E-state index contributed by atoms with van der Waals surface area (Å²) in [6.07, 6.45) is 7.79. The van der Waals surface area contributed by atoms with E-state index < -0.39 is 5.41 Å². The van der Waals surface area contributed by atoms with E-state index in [0.717, 1.165) is 42.6 Å². The van der Waals surface area contributed by atoms with Crippen molar-refractivity contribution in [2.75, 3.05) is 13.6 Å². The largest absolute Gasteiger partial charge is 1.00 e. The van der Waals surface area contributed by atoms with E-state index in [1.165, 1.54) is 30.2 Å². The van der Waals surface area contributed by atoms with E-state index in [2.05, 4.69) is 67.7 Å². The van der Waals surface area contributed by atoms with Gasteiger partial charge in [-0.3, -0.25) is 0 Å². The summed E-state index contributed by atoms with van der Waals surface area (Å²) >= 11 is 0. The van der Waals surface area contributed by atoms with Crippen LogP contribution in [0.1, 0.15) is 56.1 Å². The highest BCUT2D eigenvalue weighted by Gasteiger charge is 2.77. The Labute approximate surface area is 203 Å². The number of nitrogens with zero attached hydrogens (tertiary/aromatic N) is 3. The Bertz CT molecular complexity index is 985. The molecule has 32 heavy (non-hydrogen) atoms. The van der Waals surface area contributed by atoms with Gasteiger partial charge in [0.25, 0.3) is 0 Å². The van der Waals surface area contributed by atoms with Gasteiger partial charge >= 0.3 is 0 Å². The Morgan fingerprint density at radius 1 is 1.00 bits per heavy atom. The molecule has 0 N–H and O–H groups in total. The molecule has 1 heterocycles. The Balaban J connectivity index is 0.00000245. The Hall–Kier alpha value is -2.14. The number of hydrogen-bond acceptors (Lipinski definition) is 2. The summed E-state index contributed by atoms with van der Waals surface area (Å²) in [6, 6.07) is 27.5. The van der Waals surface area contributed by atoms with Crippen molar-refractivity contribution in [3.8, 4) is 12.1 Å². The molecule has 1 spiro atoms. The zero-order chi connectivity index (χ0) is 21.5. The van der Waals surface area contributed by atoms with Gasteiger partial charge in [-0.15, -0.1) is 0 Å². The fourth-order valence-electron chi connectivity index (χ4n) is 7.85. The number of nitriles is 2. The van der Waals surface area contributed by atoms with E-state index in [1.54, 1.807) is 0 Å². The van der Waals surface area contributed by atoms with Gasteiger partial charge in [0, 0.05) is 25.7 Å². The second-order valence-corrected chi connectivity index (χ2v) is 10.4. The fourth-order valence-corrected chi connectivity index (χ4v) is 7.85. The number of benzene rings is 2. The maximum absolute atomic E-state index is 10.6. The lowest BCUT2D eigenvalue weighted by Gasteiger charge is -2.71. The minimum Gasteiger partial charge on any atom is -1.00 e. The van der Waals surface area contributed by atoms with Crippen molar-refractivity contribution < 1.29 is 21.5 Å². The van der Waals surface area contributed by atoms with Gasteiger partial charge in [-0.25, -0.2) is 0 Å². The maximum atomic E-state index is 10.6. The number of halogens is 1. The average molecular weight is 490 g/mol. The normalized spacial score (nSPS) is 32.2. The summed E-state index contributed by atoms with van der Waals surface area (Å²) in [5, 5.41) is 19.6. The highest BCUT2D eigenvalue weighted by Crippen LogP contribution is 2.70. The molecular formula is C28H32BrN3. The number of rotatable bonds is 7. The van der Waals surface area contributed by atoms with Gasteiger partial charge in [0.15, 0.2) is 0 Å². The average Bonchev–Trinajstić information content (AvgIpc) is 3.19. The van der Waals surface area contributed by atoms with Gasteiger partial charge in [0.1, 0.15) is 17.5 Å². The number of quaternary nitrogens is 1. The highest BCUT2D eigenvalue weighted by atomic mass is 79.9. The molecule has 2 aromatic carbocycles. The minimum atomic E-state index is -0.586. The third-order valence-electron chi connectivity index (χ3n) is 9.11. The summed E-state index contributed by atoms with van der Waals surface area (Å²) in [5.41, 5.74) is 2.17. The molecule has 2 aliphatic carbocycles. The second-order valence-electron chi connectivity index (χ2n) is 10.4. The van der Waals surface area contributed by atoms with Gasteiger partial charge in [-0.1, -0.05) is 60.7 Å². The minimum absolute atomic E-state index is 0. The van der Waals surface area contributed by atoms with E-state index in [-0.39, 0.29) is 17.0 Å². The predicted octanol–water partition coefficient (Wildman–Crippen LogP) is 2.58. The first-order chi connectivity index (χ1) is 15.1. The molecule has 2 unspecified atom stereocenters. The van der Waals surface area contributed by atoms with Crippen molar-refractivity contribution in [1.82, 2.24) is 0 Å². The summed E-state index contributed by atoms with van der Waals surface area (Å²) in [7, 11) is 2.44. The first-order valence-electron chi connectivity index (χ1n) is 11.8. The predicted molar refractivity (Wildman–Crippen MR) is 122 cm³/mol. The summed E-state index contributed by atoms with van der Waals surface area (Å²) in [6.45, 7) is 1.14. The van der Waals surface area contributed by atoms with Gasteiger partial charge in [-0.2, -0.15) is 10.5 Å². The smallest absolute Gasteiger partial charge is 0.107 e. The molecule has 2 aromatic rings. The zero-order valence-corrected chi connectivity index (χ0v) is 20.5. The standard InChI is InChI=1S/C28H32N3.BrH/c1-31(17-9-8-16-29)25-14-15-27(25)19-22(18-26(27)31)20-28(21-30,23-10-4-2-5-11-23)24-12-6-3-7-13-24;/h2-7,10-13,22,25-26H,8-9,14-15,17-20H2,1H3;1H/q+1;/p-1/t22-,25-,26-,27?,31?;/m0./s1. The first kappa shape index (κ1) is 23.0. The molecular weight excluding hydrogens is 458 g/mol. The van der Waals surface area contributed by atoms with Gasteiger partial charge in [-0.05, 0) is 36.3 Å². The molecule has 2 saturated carbocycles. The van der Waals surface area contributed by atoms with Crippen molar-refractivity contribution >= 4 is 0 Å². The molecule has 3 fully saturated rings. The van der Waals surface area contributed by atoms with E-state index in [1.807, 2.05) is 12.1 Å². The lowest BCUT2D eigenvalue weighted by atomic mass is 9.51. The SMILES string of the molecule is C[N+]1(CCCC#N)[C@H]2CCC23C[C@@H](CC(C#N)(c2ccccc2)c2ccccc2)C[C@@H]31.[Br-]. The topological polar surface area (TPSA) is 47.6 Å². The zero-order valence-electron chi connectivity index (χ0n) is 18.9. The lowest BCUT2D eigenvalue weighted by molar-refractivity contribution is -1.03. The van der Waals surface area contributed by atoms with Crippen molar-refractivity contribution in [1.29, 1.82) is 10.5 Å². The van der Waals surface area contributed by atoms with Crippen LogP contribution < -0.4 is 17.0 Å². The van der Waals surface area contributed by atoms with Crippen LogP contribution in [0.4, 0.5) is 0 Å². The second kappa shape index (κ2) is 8.66. The van der Waals surface area contributed by atoms with Gasteiger partial charge < -0.3 is 21.5 Å². The fraction of sp³-hybridized carbons (Fsp3) is 0.500. The Kier molecular flexibility index (Phi) is 6.23. The van der Waals surface area contributed by atoms with Crippen molar-refractivity contribution in [2.45, 2.75) is 62.4 Å². The summed E-state index contributed by atoms with van der Waals surface area (Å²) in [4.78, 5) is 0. The molecule has 4 heteroatoms. The number of piperidine rings is 1. The lowest BCUT2D eigenvalue weighted by Crippen LogP contribution is -3.00. The molecule has 3 aliphatic rings. The number of unbranched alkanes of at least 4 members (excludes halogenated alkanes) is 1. The van der Waals surface area contributed by atoms with Crippen LogP contribution in [0.3, 0.4) is 0 Å². The van der Waals surface area contributed by atoms with Crippen molar-refractivity contribution in [3.63, 3.8) is 0 Å². The van der Waals surface area contributed by atoms with Crippen LogP contribution in [0.25, 0.3) is 0 Å².